The van der Waals surface area contributed by atoms with Gasteiger partial charge in [0.25, 0.3) is 0 Å². The summed E-state index contributed by atoms with van der Waals surface area (Å²) in [5.74, 6) is 0.589. The molecule has 0 amide bonds. The molecule has 100 valence electrons. The summed E-state index contributed by atoms with van der Waals surface area (Å²) in [5.41, 5.74) is 2.20. The van der Waals surface area contributed by atoms with Crippen LogP contribution in [0.3, 0.4) is 0 Å². The second-order valence-electron chi connectivity index (χ2n) is 4.44. The maximum atomic E-state index is 12.2. The summed E-state index contributed by atoms with van der Waals surface area (Å²) in [6.45, 7) is 1.68. The van der Waals surface area contributed by atoms with Crippen LogP contribution >= 0.6 is 0 Å². The Labute approximate surface area is 111 Å². The maximum Gasteiger partial charge on any atom is 0.240 e. The summed E-state index contributed by atoms with van der Waals surface area (Å²) < 4.78 is 31.9. The van der Waals surface area contributed by atoms with Gasteiger partial charge in [0.05, 0.1) is 17.7 Å². The Kier molecular flexibility index (Phi) is 3.14. The molecule has 19 heavy (non-hydrogen) atoms. The van der Waals surface area contributed by atoms with Gasteiger partial charge in [-0.15, -0.1) is 0 Å². The van der Waals surface area contributed by atoms with Crippen molar-refractivity contribution >= 4 is 10.0 Å². The normalized spacial score (nSPS) is 14.5. The number of nitrogens with one attached hydrogen (secondary N) is 2. The van der Waals surface area contributed by atoms with Crippen LogP contribution in [-0.4, -0.2) is 8.42 Å². The molecule has 0 saturated heterocycles. The van der Waals surface area contributed by atoms with Gasteiger partial charge in [-0.1, -0.05) is 6.07 Å². The summed E-state index contributed by atoms with van der Waals surface area (Å²) in [7, 11) is -3.50. The average molecular weight is 278 g/mol. The lowest BCUT2D eigenvalue weighted by molar-refractivity contribution is 0.498. The first-order valence-electron chi connectivity index (χ1n) is 6.00. The van der Waals surface area contributed by atoms with Gasteiger partial charge in [-0.2, -0.15) is 0 Å². The fraction of sp³-hybridized carbons (Fsp3) is 0.231. The van der Waals surface area contributed by atoms with Crippen LogP contribution in [-0.2, 0) is 29.7 Å². The van der Waals surface area contributed by atoms with Crippen molar-refractivity contribution in [2.24, 2.45) is 0 Å². The second-order valence-corrected chi connectivity index (χ2v) is 6.20. The largest absolute Gasteiger partial charge is 0.468 e. The van der Waals surface area contributed by atoms with Crippen molar-refractivity contribution in [3.05, 3.63) is 53.5 Å². The first-order valence-corrected chi connectivity index (χ1v) is 7.48. The van der Waals surface area contributed by atoms with Crippen LogP contribution in [0.4, 0.5) is 0 Å². The summed E-state index contributed by atoms with van der Waals surface area (Å²) in [6.07, 6.45) is 1.52. The molecule has 1 aliphatic rings. The van der Waals surface area contributed by atoms with Gasteiger partial charge in [-0.3, -0.25) is 0 Å². The van der Waals surface area contributed by atoms with Gasteiger partial charge in [0, 0.05) is 13.1 Å². The Morgan fingerprint density at radius 1 is 1.21 bits per heavy atom. The molecule has 2 heterocycles. The Bertz CT molecular complexity index is 678. The van der Waals surface area contributed by atoms with Gasteiger partial charge in [-0.25, -0.2) is 13.1 Å². The lowest BCUT2D eigenvalue weighted by Crippen LogP contribution is -2.23. The number of benzene rings is 1. The molecule has 5 nitrogen and oxygen atoms in total. The first-order chi connectivity index (χ1) is 9.15. The summed E-state index contributed by atoms with van der Waals surface area (Å²) in [4.78, 5) is 0.293. The minimum atomic E-state index is -3.50. The van der Waals surface area contributed by atoms with Gasteiger partial charge >= 0.3 is 0 Å². The molecule has 0 saturated carbocycles. The van der Waals surface area contributed by atoms with E-state index in [4.69, 9.17) is 4.42 Å². The van der Waals surface area contributed by atoms with E-state index < -0.39 is 10.0 Å². The van der Waals surface area contributed by atoms with Gasteiger partial charge in [0.1, 0.15) is 5.76 Å². The number of hydrogen-bond donors (Lipinski definition) is 2. The number of hydrogen-bond acceptors (Lipinski definition) is 4. The predicted molar refractivity (Wildman–Crippen MR) is 69.7 cm³/mol. The molecule has 0 atom stereocenters. The fourth-order valence-corrected chi connectivity index (χ4v) is 3.14. The standard InChI is InChI=1S/C13H14N2O3S/c16-19(17,15-9-12-2-1-5-18-12)13-4-3-10-7-14-8-11(10)6-13/h1-6,14-15H,7-9H2. The van der Waals surface area contributed by atoms with Crippen molar-refractivity contribution in [2.45, 2.75) is 24.5 Å². The quantitative estimate of drug-likeness (QED) is 0.886. The van der Waals surface area contributed by atoms with Crippen molar-refractivity contribution in [1.29, 1.82) is 0 Å². The first kappa shape index (κ1) is 12.4. The SMILES string of the molecule is O=S(=O)(NCc1ccco1)c1ccc2c(c1)CNC2. The van der Waals surface area contributed by atoms with E-state index in [1.807, 2.05) is 6.07 Å². The highest BCUT2D eigenvalue weighted by atomic mass is 32.2. The van der Waals surface area contributed by atoms with Crippen LogP contribution in [0.25, 0.3) is 0 Å². The topological polar surface area (TPSA) is 71.3 Å². The van der Waals surface area contributed by atoms with E-state index in [1.165, 1.54) is 6.26 Å². The number of rotatable bonds is 4. The number of furan rings is 1. The van der Waals surface area contributed by atoms with Gasteiger partial charge in [0.15, 0.2) is 0 Å². The van der Waals surface area contributed by atoms with Crippen LogP contribution in [0, 0.1) is 0 Å². The molecule has 2 N–H and O–H groups in total. The molecule has 1 aromatic heterocycles. The minimum absolute atomic E-state index is 0.157. The zero-order valence-corrected chi connectivity index (χ0v) is 11.0. The molecule has 2 aromatic rings. The third-order valence-electron chi connectivity index (χ3n) is 3.14. The zero-order chi connectivity index (χ0) is 13.3. The van der Waals surface area contributed by atoms with Crippen LogP contribution in [0.15, 0.2) is 45.9 Å². The lowest BCUT2D eigenvalue weighted by atomic mass is 10.1. The molecule has 0 unspecified atom stereocenters. The Balaban J connectivity index is 1.80. The third-order valence-corrected chi connectivity index (χ3v) is 4.53. The highest BCUT2D eigenvalue weighted by Gasteiger charge is 2.18. The van der Waals surface area contributed by atoms with Crippen molar-refractivity contribution in [3.8, 4) is 0 Å². The van der Waals surface area contributed by atoms with Crippen LogP contribution < -0.4 is 10.0 Å². The summed E-state index contributed by atoms with van der Waals surface area (Å²) >= 11 is 0. The Morgan fingerprint density at radius 3 is 2.84 bits per heavy atom. The molecule has 1 aliphatic heterocycles. The third kappa shape index (κ3) is 2.56. The van der Waals surface area contributed by atoms with Crippen molar-refractivity contribution in [1.82, 2.24) is 10.0 Å². The van der Waals surface area contributed by atoms with Crippen molar-refractivity contribution < 1.29 is 12.8 Å². The second kappa shape index (κ2) is 4.80. The fourth-order valence-electron chi connectivity index (χ4n) is 2.10. The van der Waals surface area contributed by atoms with Gasteiger partial charge < -0.3 is 9.73 Å². The van der Waals surface area contributed by atoms with E-state index in [0.717, 1.165) is 24.2 Å². The van der Waals surface area contributed by atoms with E-state index >= 15 is 0 Å². The molecule has 1 aromatic carbocycles. The molecule has 0 aliphatic carbocycles. The Hall–Kier alpha value is -1.63. The van der Waals surface area contributed by atoms with Crippen LogP contribution in [0.1, 0.15) is 16.9 Å². The molecule has 0 fully saturated rings. The number of fused-ring (bicyclic) bond motifs is 1. The molecule has 0 radical (unpaired) electrons. The molecular weight excluding hydrogens is 264 g/mol. The summed E-state index contributed by atoms with van der Waals surface area (Å²) in [6, 6.07) is 8.67. The lowest BCUT2D eigenvalue weighted by Gasteiger charge is -2.07. The van der Waals surface area contributed by atoms with E-state index in [-0.39, 0.29) is 6.54 Å². The average Bonchev–Trinajstić information content (AvgIpc) is 3.06. The van der Waals surface area contributed by atoms with Crippen molar-refractivity contribution in [2.75, 3.05) is 0 Å². The van der Waals surface area contributed by atoms with Crippen LogP contribution in [0.5, 0.6) is 0 Å². The van der Waals surface area contributed by atoms with Gasteiger partial charge in [-0.05, 0) is 35.4 Å². The minimum Gasteiger partial charge on any atom is -0.468 e. The number of sulfonamides is 1. The predicted octanol–water partition coefficient (Wildman–Crippen LogP) is 1.36. The highest BCUT2D eigenvalue weighted by Crippen LogP contribution is 2.20. The Morgan fingerprint density at radius 2 is 2.05 bits per heavy atom. The molecule has 3 rings (SSSR count). The maximum absolute atomic E-state index is 12.2. The van der Waals surface area contributed by atoms with E-state index in [9.17, 15) is 8.42 Å². The van der Waals surface area contributed by atoms with Crippen LogP contribution in [0.2, 0.25) is 0 Å². The zero-order valence-electron chi connectivity index (χ0n) is 10.2. The monoisotopic (exact) mass is 278 g/mol. The van der Waals surface area contributed by atoms with E-state index in [1.54, 1.807) is 24.3 Å². The molecule has 6 heteroatoms. The molecular formula is C13H14N2O3S. The van der Waals surface area contributed by atoms with E-state index in [2.05, 4.69) is 10.0 Å². The molecule has 0 bridgehead atoms. The van der Waals surface area contributed by atoms with Crippen molar-refractivity contribution in [3.63, 3.8) is 0 Å². The van der Waals surface area contributed by atoms with E-state index in [0.29, 0.717) is 10.7 Å². The molecule has 0 spiro atoms. The smallest absolute Gasteiger partial charge is 0.240 e. The van der Waals surface area contributed by atoms with Gasteiger partial charge in [0.2, 0.25) is 10.0 Å². The summed E-state index contributed by atoms with van der Waals surface area (Å²) in [5, 5.41) is 3.19. The highest BCUT2D eigenvalue weighted by molar-refractivity contribution is 7.89.